The number of imidazole rings is 1. The zero-order chi connectivity index (χ0) is 48.0. The average molecular weight is 950 g/mol. The van der Waals surface area contributed by atoms with E-state index in [9.17, 15) is 19.5 Å². The molecule has 0 spiro atoms. The van der Waals surface area contributed by atoms with E-state index in [1.807, 2.05) is 101 Å². The predicted molar refractivity (Wildman–Crippen MR) is 263 cm³/mol. The molecule has 1 aliphatic rings. The van der Waals surface area contributed by atoms with Gasteiger partial charge in [-0.05, 0) is 106 Å². The molecule has 0 bridgehead atoms. The van der Waals surface area contributed by atoms with Crippen LogP contribution >= 0.6 is 22.9 Å². The standard InChI is InChI=1S/C51H61ClN8O6S/c1-31-12-13-38(46-33(3)57-66-35(46)5)24-43(31)59(39-18-19-42(41(52)25-39)58-22-20-53-29-58)21-10-9-11-23-65-28-45(62)56-48(51(6,7)8)50(64)60-27-40(61)26-44(60)49(63)55-32(2)36-14-16-37(17-15-36)47-34(4)54-30-67-47/h12-20,22,24-25,29-30,32,40,44,48,61H,9-11,21,23,26-28H2,1-8H3,(H,55,63)(H,56,62)/t32-,40+,44-,48+/m0/s1. The number of aliphatic hydroxyl groups excluding tert-OH is 1. The number of β-amino-alcohol motifs (C(OH)–C–C–N with tert-alkyl or cyclic N) is 1. The molecule has 3 N–H and O–H groups in total. The van der Waals surface area contributed by atoms with Gasteiger partial charge in [0.15, 0.2) is 0 Å². The van der Waals surface area contributed by atoms with Crippen molar-refractivity contribution in [3.63, 3.8) is 0 Å². The van der Waals surface area contributed by atoms with Gasteiger partial charge in [0.2, 0.25) is 17.7 Å². The number of anilines is 2. The maximum absolute atomic E-state index is 14.2. The van der Waals surface area contributed by atoms with Crippen LogP contribution in [0.3, 0.4) is 0 Å². The Kier molecular flexibility index (Phi) is 15.7. The van der Waals surface area contributed by atoms with Gasteiger partial charge >= 0.3 is 0 Å². The number of amides is 3. The molecule has 4 atom stereocenters. The third-order valence-corrected chi connectivity index (χ3v) is 13.6. The van der Waals surface area contributed by atoms with Crippen LogP contribution in [-0.4, -0.2) is 91.9 Å². The molecule has 1 fully saturated rings. The molecular weight excluding hydrogens is 888 g/mol. The van der Waals surface area contributed by atoms with E-state index >= 15 is 0 Å². The number of ether oxygens (including phenoxy) is 1. The minimum absolute atomic E-state index is 0.0132. The highest BCUT2D eigenvalue weighted by Gasteiger charge is 2.44. The van der Waals surface area contributed by atoms with E-state index in [-0.39, 0.29) is 31.5 Å². The number of hydrogen-bond acceptors (Lipinski definition) is 11. The maximum atomic E-state index is 14.2. The van der Waals surface area contributed by atoms with Gasteiger partial charge in [0, 0.05) is 55.4 Å². The normalized spacial score (nSPS) is 15.9. The van der Waals surface area contributed by atoms with Crippen molar-refractivity contribution < 1.29 is 28.8 Å². The fourth-order valence-corrected chi connectivity index (χ4v) is 9.73. The van der Waals surface area contributed by atoms with Gasteiger partial charge in [-0.2, -0.15) is 0 Å². The first-order valence-corrected chi connectivity index (χ1v) is 24.0. The highest BCUT2D eigenvalue weighted by Crippen LogP contribution is 2.37. The van der Waals surface area contributed by atoms with Gasteiger partial charge in [0.05, 0.1) is 51.0 Å². The molecule has 1 aliphatic heterocycles. The van der Waals surface area contributed by atoms with E-state index in [4.69, 9.17) is 20.9 Å². The Morgan fingerprint density at radius 3 is 2.40 bits per heavy atom. The molecule has 0 aliphatic carbocycles. The number of likely N-dealkylation sites (tertiary alicyclic amines) is 1. The molecule has 7 rings (SSSR count). The second-order valence-corrected chi connectivity index (χ2v) is 19.7. The third-order valence-electron chi connectivity index (χ3n) is 12.3. The first kappa shape index (κ1) is 49.0. The molecular formula is C51H61ClN8O6S. The van der Waals surface area contributed by atoms with Gasteiger partial charge in [-0.3, -0.25) is 14.4 Å². The van der Waals surface area contributed by atoms with E-state index in [2.05, 4.69) is 61.8 Å². The number of carbonyl (C=O) groups excluding carboxylic acids is 3. The zero-order valence-electron chi connectivity index (χ0n) is 39.5. The summed E-state index contributed by atoms with van der Waals surface area (Å²) in [6, 6.07) is 18.2. The minimum atomic E-state index is -0.961. The van der Waals surface area contributed by atoms with Crippen molar-refractivity contribution in [2.45, 2.75) is 105 Å². The molecule has 1 saturated heterocycles. The summed E-state index contributed by atoms with van der Waals surface area (Å²) in [6.07, 6.45) is 6.86. The van der Waals surface area contributed by atoms with Crippen molar-refractivity contribution in [1.82, 2.24) is 35.2 Å². The smallest absolute Gasteiger partial charge is 0.246 e. The van der Waals surface area contributed by atoms with E-state index < -0.39 is 35.4 Å². The number of nitrogens with one attached hydrogen (secondary N) is 2. The fourth-order valence-electron chi connectivity index (χ4n) is 8.65. The molecule has 4 heterocycles. The first-order chi connectivity index (χ1) is 32.0. The summed E-state index contributed by atoms with van der Waals surface area (Å²) in [5.74, 6) is -0.467. The average Bonchev–Trinajstić information content (AvgIpc) is 4.12. The van der Waals surface area contributed by atoms with Gasteiger partial charge in [-0.25, -0.2) is 9.97 Å². The van der Waals surface area contributed by atoms with Crippen LogP contribution in [0.5, 0.6) is 0 Å². The lowest BCUT2D eigenvalue weighted by Gasteiger charge is -2.35. The van der Waals surface area contributed by atoms with Crippen LogP contribution in [0.25, 0.3) is 27.3 Å². The largest absolute Gasteiger partial charge is 0.391 e. The van der Waals surface area contributed by atoms with E-state index in [0.717, 1.165) is 79.7 Å². The van der Waals surface area contributed by atoms with Gasteiger partial charge in [-0.1, -0.05) is 73.9 Å². The number of thiazole rings is 1. The summed E-state index contributed by atoms with van der Waals surface area (Å²) >= 11 is 8.46. The SMILES string of the molecule is Cc1ccc(-c2c(C)noc2C)cc1N(CCCCCOCC(=O)N[C@H](C(=O)N1C[C@H](O)C[C@H]1C(=O)N[C@@H](C)c1ccc(-c2scnc2C)cc1)C(C)(C)C)c1ccc(-n2ccnc2)c(Cl)c1. The van der Waals surface area contributed by atoms with Crippen LogP contribution in [-0.2, 0) is 19.1 Å². The number of hydrogen-bond donors (Lipinski definition) is 3. The van der Waals surface area contributed by atoms with Gasteiger partial charge in [0.25, 0.3) is 0 Å². The number of unbranched alkanes of at least 4 members (excludes halogenated alkanes) is 2. The molecule has 16 heteroatoms. The topological polar surface area (TPSA) is 168 Å². The van der Waals surface area contributed by atoms with Crippen molar-refractivity contribution in [3.05, 3.63) is 118 Å². The van der Waals surface area contributed by atoms with Crippen molar-refractivity contribution >= 4 is 52.0 Å². The molecule has 0 radical (unpaired) electrons. The molecule has 3 aromatic heterocycles. The predicted octanol–water partition coefficient (Wildman–Crippen LogP) is 9.23. The number of aryl methyl sites for hydroxylation is 4. The van der Waals surface area contributed by atoms with Gasteiger partial charge < -0.3 is 39.4 Å². The number of aromatic nitrogens is 4. The van der Waals surface area contributed by atoms with Crippen LogP contribution in [0.2, 0.25) is 5.02 Å². The Morgan fingerprint density at radius 2 is 1.75 bits per heavy atom. The maximum Gasteiger partial charge on any atom is 0.246 e. The molecule has 67 heavy (non-hydrogen) atoms. The van der Waals surface area contributed by atoms with Crippen molar-refractivity contribution in [3.8, 4) is 27.3 Å². The van der Waals surface area contributed by atoms with Gasteiger partial charge in [0.1, 0.15) is 24.5 Å². The Hall–Kier alpha value is -5.87. The van der Waals surface area contributed by atoms with Crippen LogP contribution in [0.4, 0.5) is 11.4 Å². The molecule has 0 saturated carbocycles. The van der Waals surface area contributed by atoms with Crippen LogP contribution in [0, 0.1) is 33.1 Å². The molecule has 14 nitrogen and oxygen atoms in total. The molecule has 0 unspecified atom stereocenters. The second kappa shape index (κ2) is 21.4. The van der Waals surface area contributed by atoms with Crippen molar-refractivity contribution in [2.75, 3.05) is 31.2 Å². The number of rotatable bonds is 18. The number of benzene rings is 3. The molecule has 3 amide bonds. The summed E-state index contributed by atoms with van der Waals surface area (Å²) in [5.41, 5.74) is 10.8. The van der Waals surface area contributed by atoms with Crippen molar-refractivity contribution in [2.24, 2.45) is 5.41 Å². The van der Waals surface area contributed by atoms with Crippen LogP contribution in [0.15, 0.2) is 89.4 Å². The lowest BCUT2D eigenvalue weighted by atomic mass is 9.85. The number of nitrogens with zero attached hydrogens (tertiary/aromatic N) is 6. The lowest BCUT2D eigenvalue weighted by Crippen LogP contribution is -2.58. The highest BCUT2D eigenvalue weighted by molar-refractivity contribution is 7.13. The second-order valence-electron chi connectivity index (χ2n) is 18.5. The number of halogens is 1. The Morgan fingerprint density at radius 1 is 0.985 bits per heavy atom. The van der Waals surface area contributed by atoms with Crippen molar-refractivity contribution in [1.29, 1.82) is 0 Å². The fraction of sp³-hybridized carbons (Fsp3) is 0.412. The first-order valence-electron chi connectivity index (χ1n) is 22.8. The summed E-state index contributed by atoms with van der Waals surface area (Å²) in [7, 11) is 0. The molecule has 3 aromatic carbocycles. The van der Waals surface area contributed by atoms with Crippen LogP contribution < -0.4 is 15.5 Å². The Labute approximate surface area is 401 Å². The summed E-state index contributed by atoms with van der Waals surface area (Å²) < 4.78 is 13.2. The Bertz CT molecular complexity index is 2640. The quantitative estimate of drug-likeness (QED) is 0.0707. The lowest BCUT2D eigenvalue weighted by molar-refractivity contribution is -0.144. The monoisotopic (exact) mass is 948 g/mol. The summed E-state index contributed by atoms with van der Waals surface area (Å²) in [6.45, 7) is 16.2. The van der Waals surface area contributed by atoms with E-state index in [0.29, 0.717) is 24.6 Å². The summed E-state index contributed by atoms with van der Waals surface area (Å²) in [5, 5.41) is 21.4. The molecule has 354 valence electrons. The van der Waals surface area contributed by atoms with Gasteiger partial charge in [-0.15, -0.1) is 11.3 Å². The van der Waals surface area contributed by atoms with E-state index in [1.165, 1.54) is 4.90 Å². The highest BCUT2D eigenvalue weighted by atomic mass is 35.5. The number of aliphatic hydroxyl groups is 1. The Balaban J connectivity index is 0.932. The zero-order valence-corrected chi connectivity index (χ0v) is 41.1. The van der Waals surface area contributed by atoms with Crippen LogP contribution in [0.1, 0.15) is 87.7 Å². The summed E-state index contributed by atoms with van der Waals surface area (Å²) in [4.78, 5) is 54.6. The third kappa shape index (κ3) is 11.6. The minimum Gasteiger partial charge on any atom is -0.391 e. The molecule has 6 aromatic rings. The van der Waals surface area contributed by atoms with E-state index in [1.54, 1.807) is 23.9 Å². The number of carbonyl (C=O) groups is 3.